The van der Waals surface area contributed by atoms with Gasteiger partial charge in [0.15, 0.2) is 0 Å². The molecule has 0 bridgehead atoms. The van der Waals surface area contributed by atoms with Gasteiger partial charge in [0.05, 0.1) is 5.52 Å². The Labute approximate surface area is 147 Å². The average Bonchev–Trinajstić information content (AvgIpc) is 2.55. The number of halogens is 2. The molecule has 0 spiro atoms. The lowest BCUT2D eigenvalue weighted by Gasteiger charge is -2.14. The highest BCUT2D eigenvalue weighted by Gasteiger charge is 2.11. The van der Waals surface area contributed by atoms with Crippen LogP contribution in [0.15, 0.2) is 54.6 Å². The molecular formula is C19H20ClFN2O. The summed E-state index contributed by atoms with van der Waals surface area (Å²) in [4.78, 5) is 6.69. The Morgan fingerprint density at radius 1 is 1.04 bits per heavy atom. The Morgan fingerprint density at radius 3 is 2.46 bits per heavy atom. The number of aromatic nitrogens is 1. The summed E-state index contributed by atoms with van der Waals surface area (Å²) in [5, 5.41) is 1.03. The molecule has 2 aromatic carbocycles. The molecule has 0 fully saturated rings. The predicted octanol–water partition coefficient (Wildman–Crippen LogP) is 4.40. The number of ether oxygens (including phenoxy) is 1. The molecule has 3 nitrogen and oxygen atoms in total. The van der Waals surface area contributed by atoms with Gasteiger partial charge in [0, 0.05) is 17.5 Å². The summed E-state index contributed by atoms with van der Waals surface area (Å²) in [5.41, 5.74) is 2.66. The van der Waals surface area contributed by atoms with Gasteiger partial charge in [-0.2, -0.15) is 0 Å². The Kier molecular flexibility index (Phi) is 6.12. The van der Waals surface area contributed by atoms with Crippen molar-refractivity contribution in [2.45, 2.75) is 0 Å². The van der Waals surface area contributed by atoms with Gasteiger partial charge in [0.2, 0.25) is 5.88 Å². The van der Waals surface area contributed by atoms with Crippen molar-refractivity contribution in [3.63, 3.8) is 0 Å². The predicted molar refractivity (Wildman–Crippen MR) is 98.4 cm³/mol. The zero-order valence-corrected chi connectivity index (χ0v) is 14.5. The van der Waals surface area contributed by atoms with E-state index in [1.807, 2.05) is 44.4 Å². The van der Waals surface area contributed by atoms with E-state index >= 15 is 0 Å². The van der Waals surface area contributed by atoms with Crippen LogP contribution < -0.4 is 4.74 Å². The summed E-state index contributed by atoms with van der Waals surface area (Å²) in [5.74, 6) is 0.328. The average molecular weight is 347 g/mol. The third-order valence-corrected chi connectivity index (χ3v) is 3.62. The second-order valence-electron chi connectivity index (χ2n) is 5.69. The van der Waals surface area contributed by atoms with Gasteiger partial charge in [0.25, 0.3) is 0 Å². The standard InChI is InChI=1S/C19H19FN2O.ClH/c1-22(2)11-12-23-19-17(14-7-9-16(20)10-8-14)13-15-5-3-4-6-18(15)21-19;/h3-10,13H,11-12H2,1-2H3;1H. The van der Waals surface area contributed by atoms with Crippen molar-refractivity contribution in [1.82, 2.24) is 9.88 Å². The second kappa shape index (κ2) is 8.08. The van der Waals surface area contributed by atoms with Crippen molar-refractivity contribution < 1.29 is 9.13 Å². The van der Waals surface area contributed by atoms with Crippen LogP contribution in [-0.2, 0) is 0 Å². The maximum atomic E-state index is 13.2. The van der Waals surface area contributed by atoms with Crippen LogP contribution in [0.25, 0.3) is 22.0 Å². The first-order valence-electron chi connectivity index (χ1n) is 7.57. The van der Waals surface area contributed by atoms with E-state index in [0.29, 0.717) is 12.5 Å². The molecule has 0 unspecified atom stereocenters. The Morgan fingerprint density at radius 2 is 1.75 bits per heavy atom. The number of hydrogen-bond donors (Lipinski definition) is 0. The third-order valence-electron chi connectivity index (χ3n) is 3.62. The monoisotopic (exact) mass is 346 g/mol. The van der Waals surface area contributed by atoms with Crippen molar-refractivity contribution in [2.75, 3.05) is 27.2 Å². The van der Waals surface area contributed by atoms with Crippen LogP contribution in [0.3, 0.4) is 0 Å². The number of hydrogen-bond acceptors (Lipinski definition) is 3. The summed E-state index contributed by atoms with van der Waals surface area (Å²) >= 11 is 0. The van der Waals surface area contributed by atoms with Crippen LogP contribution >= 0.6 is 12.4 Å². The highest BCUT2D eigenvalue weighted by molar-refractivity contribution is 5.86. The zero-order chi connectivity index (χ0) is 16.2. The molecule has 0 aliphatic carbocycles. The van der Waals surface area contributed by atoms with Gasteiger partial charge in [-0.25, -0.2) is 9.37 Å². The van der Waals surface area contributed by atoms with E-state index < -0.39 is 0 Å². The van der Waals surface area contributed by atoms with Crippen LogP contribution in [0.5, 0.6) is 5.88 Å². The first-order valence-corrected chi connectivity index (χ1v) is 7.57. The molecule has 3 rings (SSSR count). The fraction of sp³-hybridized carbons (Fsp3) is 0.211. The smallest absolute Gasteiger partial charge is 0.221 e. The number of para-hydroxylation sites is 1. The van der Waals surface area contributed by atoms with Crippen molar-refractivity contribution >= 4 is 23.3 Å². The molecule has 0 saturated carbocycles. The molecule has 0 aliphatic rings. The number of likely N-dealkylation sites (N-methyl/N-ethyl adjacent to an activating group) is 1. The number of fused-ring (bicyclic) bond motifs is 1. The van der Waals surface area contributed by atoms with Gasteiger partial charge in [-0.05, 0) is 43.9 Å². The topological polar surface area (TPSA) is 25.4 Å². The van der Waals surface area contributed by atoms with Gasteiger partial charge in [-0.1, -0.05) is 30.3 Å². The maximum Gasteiger partial charge on any atom is 0.221 e. The fourth-order valence-corrected chi connectivity index (χ4v) is 2.37. The molecule has 0 aliphatic heterocycles. The summed E-state index contributed by atoms with van der Waals surface area (Å²) in [7, 11) is 4.00. The Balaban J connectivity index is 0.00000208. The summed E-state index contributed by atoms with van der Waals surface area (Å²) in [6.45, 7) is 1.35. The molecule has 1 aromatic heterocycles. The quantitative estimate of drug-likeness (QED) is 0.684. The van der Waals surface area contributed by atoms with Crippen molar-refractivity contribution in [2.24, 2.45) is 0 Å². The van der Waals surface area contributed by atoms with Crippen molar-refractivity contribution in [3.05, 3.63) is 60.4 Å². The van der Waals surface area contributed by atoms with Crippen LogP contribution in [0.1, 0.15) is 0 Å². The SMILES string of the molecule is CN(C)CCOc1nc2ccccc2cc1-c1ccc(F)cc1.Cl. The molecule has 5 heteroatoms. The number of nitrogens with zero attached hydrogens (tertiary/aromatic N) is 2. The normalized spacial score (nSPS) is 10.7. The molecule has 0 radical (unpaired) electrons. The molecule has 0 N–H and O–H groups in total. The van der Waals surface area contributed by atoms with Crippen LogP contribution in [0.4, 0.5) is 4.39 Å². The minimum absolute atomic E-state index is 0. The summed E-state index contributed by atoms with van der Waals surface area (Å²) < 4.78 is 19.1. The molecule has 3 aromatic rings. The molecule has 1 heterocycles. The van der Waals surface area contributed by atoms with Crippen LogP contribution in [0.2, 0.25) is 0 Å². The summed E-state index contributed by atoms with van der Waals surface area (Å²) in [6, 6.07) is 16.4. The number of pyridine rings is 1. The van der Waals surface area contributed by atoms with Gasteiger partial charge in [-0.15, -0.1) is 12.4 Å². The van der Waals surface area contributed by atoms with E-state index in [4.69, 9.17) is 4.74 Å². The summed E-state index contributed by atoms with van der Waals surface area (Å²) in [6.07, 6.45) is 0. The highest BCUT2D eigenvalue weighted by Crippen LogP contribution is 2.31. The lowest BCUT2D eigenvalue weighted by atomic mass is 10.0. The number of benzene rings is 2. The molecular weight excluding hydrogens is 327 g/mol. The molecule has 0 saturated heterocycles. The van der Waals surface area contributed by atoms with E-state index in [2.05, 4.69) is 9.88 Å². The van der Waals surface area contributed by atoms with E-state index in [1.165, 1.54) is 12.1 Å². The molecule has 0 atom stereocenters. The van der Waals surface area contributed by atoms with E-state index in [-0.39, 0.29) is 18.2 Å². The highest BCUT2D eigenvalue weighted by atomic mass is 35.5. The Hall–Kier alpha value is -2.17. The largest absolute Gasteiger partial charge is 0.476 e. The molecule has 24 heavy (non-hydrogen) atoms. The minimum Gasteiger partial charge on any atom is -0.476 e. The van der Waals surface area contributed by atoms with Gasteiger partial charge >= 0.3 is 0 Å². The first-order chi connectivity index (χ1) is 11.1. The van der Waals surface area contributed by atoms with Crippen LogP contribution in [0, 0.1) is 5.82 Å². The second-order valence-corrected chi connectivity index (χ2v) is 5.69. The lowest BCUT2D eigenvalue weighted by Crippen LogP contribution is -2.19. The van der Waals surface area contributed by atoms with Crippen molar-refractivity contribution in [1.29, 1.82) is 0 Å². The van der Waals surface area contributed by atoms with E-state index in [0.717, 1.165) is 28.6 Å². The van der Waals surface area contributed by atoms with Gasteiger partial charge in [-0.3, -0.25) is 0 Å². The zero-order valence-electron chi connectivity index (χ0n) is 13.7. The van der Waals surface area contributed by atoms with Gasteiger partial charge < -0.3 is 9.64 Å². The molecule has 126 valence electrons. The fourth-order valence-electron chi connectivity index (χ4n) is 2.37. The van der Waals surface area contributed by atoms with E-state index in [9.17, 15) is 4.39 Å². The Bertz CT molecular complexity index is 806. The minimum atomic E-state index is -0.252. The maximum absolute atomic E-state index is 13.2. The van der Waals surface area contributed by atoms with Crippen molar-refractivity contribution in [3.8, 4) is 17.0 Å². The van der Waals surface area contributed by atoms with Gasteiger partial charge in [0.1, 0.15) is 12.4 Å². The van der Waals surface area contributed by atoms with E-state index in [1.54, 1.807) is 12.1 Å². The third kappa shape index (κ3) is 4.22. The lowest BCUT2D eigenvalue weighted by molar-refractivity contribution is 0.255. The number of rotatable bonds is 5. The first kappa shape index (κ1) is 18.2. The molecule has 0 amide bonds. The van der Waals surface area contributed by atoms with Crippen LogP contribution in [-0.4, -0.2) is 37.1 Å².